The van der Waals surface area contributed by atoms with Gasteiger partial charge in [-0.3, -0.25) is 4.90 Å². The van der Waals surface area contributed by atoms with Crippen LogP contribution in [0.2, 0.25) is 10.0 Å². The molecule has 2 aromatic carbocycles. The zero-order valence-corrected chi connectivity index (χ0v) is 15.4. The van der Waals surface area contributed by atoms with Crippen molar-refractivity contribution in [1.82, 2.24) is 0 Å². The first kappa shape index (κ1) is 18.0. The molecule has 1 N–H and O–H groups in total. The fourth-order valence-electron chi connectivity index (χ4n) is 2.47. The Balaban J connectivity index is 1.79. The van der Waals surface area contributed by atoms with Gasteiger partial charge in [0.05, 0.1) is 22.8 Å². The van der Waals surface area contributed by atoms with Crippen molar-refractivity contribution >= 4 is 34.6 Å². The Labute approximate surface area is 161 Å². The van der Waals surface area contributed by atoms with E-state index in [1.165, 1.54) is 0 Å². The molecule has 0 saturated heterocycles. The SMILES string of the molecule is COc1ccc(NC=CC2=C(C#N)N(c3c(Cl)cccc3Cl)CO2)cc1. The smallest absolute Gasteiger partial charge is 0.166 e. The number of hydrogen-bond donors (Lipinski definition) is 1. The van der Waals surface area contributed by atoms with E-state index in [9.17, 15) is 5.26 Å². The average molecular weight is 388 g/mol. The zero-order valence-electron chi connectivity index (χ0n) is 13.9. The van der Waals surface area contributed by atoms with Gasteiger partial charge in [-0.2, -0.15) is 5.26 Å². The Morgan fingerprint density at radius 1 is 1.19 bits per heavy atom. The molecule has 0 aliphatic carbocycles. The van der Waals surface area contributed by atoms with Crippen LogP contribution < -0.4 is 15.0 Å². The first-order valence-electron chi connectivity index (χ1n) is 7.70. The maximum Gasteiger partial charge on any atom is 0.166 e. The van der Waals surface area contributed by atoms with Crippen molar-refractivity contribution in [2.45, 2.75) is 0 Å². The summed E-state index contributed by atoms with van der Waals surface area (Å²) in [6.07, 6.45) is 3.39. The first-order valence-corrected chi connectivity index (χ1v) is 8.45. The molecule has 0 atom stereocenters. The lowest BCUT2D eigenvalue weighted by Gasteiger charge is -2.18. The number of hydrogen-bond acceptors (Lipinski definition) is 5. The lowest BCUT2D eigenvalue weighted by atomic mass is 10.2. The summed E-state index contributed by atoms with van der Waals surface area (Å²) < 4.78 is 10.7. The largest absolute Gasteiger partial charge is 0.497 e. The Morgan fingerprint density at radius 3 is 2.50 bits per heavy atom. The molecule has 0 spiro atoms. The van der Waals surface area contributed by atoms with Gasteiger partial charge in [0.2, 0.25) is 0 Å². The van der Waals surface area contributed by atoms with Gasteiger partial charge < -0.3 is 14.8 Å². The molecular formula is C19H15Cl2N3O2. The molecular weight excluding hydrogens is 373 g/mol. The van der Waals surface area contributed by atoms with E-state index in [1.54, 1.807) is 42.5 Å². The van der Waals surface area contributed by atoms with Crippen molar-refractivity contribution in [2.24, 2.45) is 0 Å². The van der Waals surface area contributed by atoms with E-state index in [1.807, 2.05) is 24.3 Å². The van der Waals surface area contributed by atoms with E-state index < -0.39 is 0 Å². The minimum absolute atomic E-state index is 0.161. The Hall–Kier alpha value is -2.81. The minimum Gasteiger partial charge on any atom is -0.497 e. The van der Waals surface area contributed by atoms with Crippen LogP contribution in [0.3, 0.4) is 0 Å². The number of anilines is 2. The second-order valence-electron chi connectivity index (χ2n) is 5.30. The lowest BCUT2D eigenvalue weighted by molar-refractivity contribution is 0.257. The van der Waals surface area contributed by atoms with Gasteiger partial charge in [-0.15, -0.1) is 0 Å². The highest BCUT2D eigenvalue weighted by atomic mass is 35.5. The van der Waals surface area contributed by atoms with Crippen LogP contribution in [-0.2, 0) is 4.74 Å². The van der Waals surface area contributed by atoms with Gasteiger partial charge >= 0.3 is 0 Å². The van der Waals surface area contributed by atoms with Crippen molar-refractivity contribution in [3.05, 3.63) is 76.2 Å². The number of nitrogens with zero attached hydrogens (tertiary/aromatic N) is 2. The summed E-state index contributed by atoms with van der Waals surface area (Å²) in [5, 5.41) is 13.6. The van der Waals surface area contributed by atoms with E-state index in [-0.39, 0.29) is 6.73 Å². The molecule has 26 heavy (non-hydrogen) atoms. The summed E-state index contributed by atoms with van der Waals surface area (Å²) in [5.74, 6) is 1.21. The van der Waals surface area contributed by atoms with Gasteiger partial charge in [0.25, 0.3) is 0 Å². The van der Waals surface area contributed by atoms with Gasteiger partial charge in [0.1, 0.15) is 11.8 Å². The van der Waals surface area contributed by atoms with E-state index in [0.29, 0.717) is 27.2 Å². The van der Waals surface area contributed by atoms with Crippen LogP contribution in [0.4, 0.5) is 11.4 Å². The number of allylic oxidation sites excluding steroid dienone is 2. The van der Waals surface area contributed by atoms with Gasteiger partial charge in [-0.05, 0) is 42.5 Å². The Kier molecular flexibility index (Phi) is 5.57. The molecule has 132 valence electrons. The molecule has 0 radical (unpaired) electrons. The molecule has 0 aromatic heterocycles. The third kappa shape index (κ3) is 3.72. The maximum absolute atomic E-state index is 9.54. The van der Waals surface area contributed by atoms with Crippen molar-refractivity contribution in [1.29, 1.82) is 5.26 Å². The van der Waals surface area contributed by atoms with Crippen molar-refractivity contribution in [3.63, 3.8) is 0 Å². The van der Waals surface area contributed by atoms with E-state index >= 15 is 0 Å². The summed E-state index contributed by atoms with van der Waals surface area (Å²) >= 11 is 12.5. The zero-order chi connectivity index (χ0) is 18.5. The molecule has 1 heterocycles. The third-order valence-corrected chi connectivity index (χ3v) is 4.35. The fourth-order valence-corrected chi connectivity index (χ4v) is 3.07. The summed E-state index contributed by atoms with van der Waals surface area (Å²) in [7, 11) is 1.62. The predicted octanol–water partition coefficient (Wildman–Crippen LogP) is 5.16. The molecule has 5 nitrogen and oxygen atoms in total. The number of nitrogens with one attached hydrogen (secondary N) is 1. The monoisotopic (exact) mass is 387 g/mol. The van der Waals surface area contributed by atoms with Gasteiger partial charge in [-0.25, -0.2) is 0 Å². The normalized spacial score (nSPS) is 13.7. The summed E-state index contributed by atoms with van der Waals surface area (Å²) in [5.41, 5.74) is 1.77. The number of methoxy groups -OCH3 is 1. The van der Waals surface area contributed by atoms with E-state index in [0.717, 1.165) is 11.4 Å². The fraction of sp³-hybridized carbons (Fsp3) is 0.105. The highest BCUT2D eigenvalue weighted by Crippen LogP contribution is 2.38. The maximum atomic E-state index is 9.54. The number of benzene rings is 2. The minimum atomic E-state index is 0.161. The van der Waals surface area contributed by atoms with Crippen molar-refractivity contribution in [2.75, 3.05) is 24.1 Å². The molecule has 0 amide bonds. The summed E-state index contributed by atoms with van der Waals surface area (Å²) in [6.45, 7) is 0.161. The van der Waals surface area contributed by atoms with Crippen molar-refractivity contribution in [3.8, 4) is 11.8 Å². The van der Waals surface area contributed by atoms with Crippen LogP contribution in [-0.4, -0.2) is 13.8 Å². The number of ether oxygens (including phenoxy) is 2. The van der Waals surface area contributed by atoms with Gasteiger partial charge in [0, 0.05) is 11.9 Å². The molecule has 0 unspecified atom stereocenters. The van der Waals surface area contributed by atoms with Crippen LogP contribution in [0.5, 0.6) is 5.75 Å². The molecule has 1 aliphatic heterocycles. The number of nitriles is 1. The quantitative estimate of drug-likeness (QED) is 0.767. The Bertz CT molecular complexity index is 882. The first-order chi connectivity index (χ1) is 12.6. The highest BCUT2D eigenvalue weighted by Gasteiger charge is 2.27. The predicted molar refractivity (Wildman–Crippen MR) is 103 cm³/mol. The van der Waals surface area contributed by atoms with Gasteiger partial charge in [0.15, 0.2) is 18.2 Å². The molecule has 7 heteroatoms. The number of para-hydroxylation sites is 1. The van der Waals surface area contributed by atoms with Crippen LogP contribution in [0.25, 0.3) is 0 Å². The molecule has 0 saturated carbocycles. The van der Waals surface area contributed by atoms with E-state index in [4.69, 9.17) is 32.7 Å². The number of rotatable bonds is 5. The van der Waals surface area contributed by atoms with Crippen LogP contribution in [0, 0.1) is 11.3 Å². The molecule has 1 aliphatic rings. The standard InChI is InChI=1S/C19H15Cl2N3O2/c1-25-14-7-5-13(6-8-14)23-10-9-18-17(11-22)24(12-26-18)19-15(20)3-2-4-16(19)21/h2-10,23H,12H2,1H3. The molecule has 2 aromatic rings. The van der Waals surface area contributed by atoms with Crippen LogP contribution >= 0.6 is 23.2 Å². The molecule has 0 bridgehead atoms. The summed E-state index contributed by atoms with van der Waals surface area (Å²) in [4.78, 5) is 1.65. The molecule has 0 fully saturated rings. The van der Waals surface area contributed by atoms with Crippen LogP contribution in [0.1, 0.15) is 0 Å². The lowest BCUT2D eigenvalue weighted by Crippen LogP contribution is -2.19. The molecule has 3 rings (SSSR count). The second kappa shape index (κ2) is 8.05. The third-order valence-electron chi connectivity index (χ3n) is 3.74. The van der Waals surface area contributed by atoms with Crippen LogP contribution in [0.15, 0.2) is 66.2 Å². The topological polar surface area (TPSA) is 57.5 Å². The Morgan fingerprint density at radius 2 is 1.88 bits per heavy atom. The second-order valence-corrected chi connectivity index (χ2v) is 6.12. The number of halogens is 2. The van der Waals surface area contributed by atoms with Crippen molar-refractivity contribution < 1.29 is 9.47 Å². The van der Waals surface area contributed by atoms with Gasteiger partial charge in [-0.1, -0.05) is 29.3 Å². The summed E-state index contributed by atoms with van der Waals surface area (Å²) in [6, 6.07) is 14.8. The average Bonchev–Trinajstić information content (AvgIpc) is 3.04. The highest BCUT2D eigenvalue weighted by molar-refractivity contribution is 6.39. The van der Waals surface area contributed by atoms with E-state index in [2.05, 4.69) is 11.4 Å².